The van der Waals surface area contributed by atoms with Gasteiger partial charge in [-0.25, -0.2) is 23.7 Å². The van der Waals surface area contributed by atoms with Crippen molar-refractivity contribution in [2.75, 3.05) is 5.32 Å². The van der Waals surface area contributed by atoms with Gasteiger partial charge in [-0.05, 0) is 25.1 Å². The van der Waals surface area contributed by atoms with Gasteiger partial charge in [0.2, 0.25) is 11.5 Å². The van der Waals surface area contributed by atoms with Crippen molar-refractivity contribution in [1.29, 1.82) is 0 Å². The Labute approximate surface area is 151 Å². The van der Waals surface area contributed by atoms with E-state index in [4.69, 9.17) is 4.42 Å². The Morgan fingerprint density at radius 3 is 2.74 bits per heavy atom. The van der Waals surface area contributed by atoms with E-state index in [1.54, 1.807) is 13.8 Å². The Kier molecular flexibility index (Phi) is 3.91. The van der Waals surface area contributed by atoms with Gasteiger partial charge in [-0.15, -0.1) is 0 Å². The third-order valence-corrected chi connectivity index (χ3v) is 3.89. The highest BCUT2D eigenvalue weighted by Gasteiger charge is 2.17. The Bertz CT molecular complexity index is 1180. The van der Waals surface area contributed by atoms with Gasteiger partial charge in [0.25, 0.3) is 5.91 Å². The van der Waals surface area contributed by atoms with E-state index in [9.17, 15) is 13.6 Å². The number of aromatic nitrogens is 4. The first-order valence-electron chi connectivity index (χ1n) is 7.96. The first-order chi connectivity index (χ1) is 12.9. The number of nitrogens with zero attached hydrogens (tertiary/aromatic N) is 4. The maximum atomic E-state index is 14.3. The average molecular weight is 369 g/mol. The molecule has 0 spiro atoms. The second kappa shape index (κ2) is 6.27. The topological polar surface area (TPSA) is 85.3 Å². The van der Waals surface area contributed by atoms with Crippen LogP contribution in [0.15, 0.2) is 41.2 Å². The lowest BCUT2D eigenvalue weighted by Crippen LogP contribution is -2.12. The monoisotopic (exact) mass is 369 g/mol. The minimum Gasteiger partial charge on any atom is -0.436 e. The molecule has 27 heavy (non-hydrogen) atoms. The molecule has 0 aliphatic heterocycles. The largest absolute Gasteiger partial charge is 0.436 e. The molecule has 4 rings (SSSR count). The lowest BCUT2D eigenvalue weighted by Gasteiger charge is -2.06. The van der Waals surface area contributed by atoms with Gasteiger partial charge in [0.15, 0.2) is 11.7 Å². The Morgan fingerprint density at radius 1 is 1.19 bits per heavy atom. The lowest BCUT2D eigenvalue weighted by molar-refractivity contribution is 0.0994. The van der Waals surface area contributed by atoms with Gasteiger partial charge in [-0.1, -0.05) is 0 Å². The molecule has 0 unspecified atom stereocenters. The molecule has 0 atom stereocenters. The van der Waals surface area contributed by atoms with Crippen LogP contribution in [0.4, 0.5) is 14.5 Å². The zero-order valence-corrected chi connectivity index (χ0v) is 14.3. The molecule has 0 bridgehead atoms. The highest BCUT2D eigenvalue weighted by Crippen LogP contribution is 2.26. The maximum Gasteiger partial charge on any atom is 0.293 e. The van der Waals surface area contributed by atoms with Gasteiger partial charge in [0, 0.05) is 30.6 Å². The van der Waals surface area contributed by atoms with Crippen molar-refractivity contribution in [1.82, 2.24) is 19.4 Å². The van der Waals surface area contributed by atoms with Gasteiger partial charge in [-0.3, -0.25) is 9.20 Å². The number of carbonyl (C=O) groups excluding carboxylic acids is 1. The summed E-state index contributed by atoms with van der Waals surface area (Å²) < 4.78 is 34.2. The first kappa shape index (κ1) is 16.8. The SMILES string of the molecule is Cc1nc(C)c(C(=O)Nc2ccc(F)c(-c3cn4cc(F)cnc4n3)c2)o1. The number of halogens is 2. The van der Waals surface area contributed by atoms with Gasteiger partial charge in [-0.2, -0.15) is 0 Å². The second-order valence-electron chi connectivity index (χ2n) is 5.90. The van der Waals surface area contributed by atoms with Crippen LogP contribution in [0.5, 0.6) is 0 Å². The molecule has 4 aromatic rings. The number of fused-ring (bicyclic) bond motifs is 1. The zero-order chi connectivity index (χ0) is 19.1. The molecule has 1 amide bonds. The molecule has 3 heterocycles. The molecule has 0 radical (unpaired) electrons. The molecule has 0 fully saturated rings. The minimum absolute atomic E-state index is 0.0887. The van der Waals surface area contributed by atoms with Crippen LogP contribution in [0.2, 0.25) is 0 Å². The maximum absolute atomic E-state index is 14.3. The van der Waals surface area contributed by atoms with Gasteiger partial charge in [0.05, 0.1) is 17.6 Å². The number of aryl methyl sites for hydroxylation is 2. The van der Waals surface area contributed by atoms with E-state index in [-0.39, 0.29) is 22.8 Å². The summed E-state index contributed by atoms with van der Waals surface area (Å²) >= 11 is 0. The van der Waals surface area contributed by atoms with E-state index >= 15 is 0 Å². The van der Waals surface area contributed by atoms with E-state index < -0.39 is 17.5 Å². The summed E-state index contributed by atoms with van der Waals surface area (Å²) in [4.78, 5) is 24.4. The number of carbonyl (C=O) groups is 1. The molecule has 0 aliphatic rings. The number of imidazole rings is 1. The molecule has 1 N–H and O–H groups in total. The number of anilines is 1. The van der Waals surface area contributed by atoms with Crippen molar-refractivity contribution in [3.8, 4) is 11.3 Å². The number of benzene rings is 1. The van der Waals surface area contributed by atoms with Gasteiger partial charge in [0.1, 0.15) is 5.82 Å². The predicted molar refractivity (Wildman–Crippen MR) is 92.3 cm³/mol. The highest BCUT2D eigenvalue weighted by molar-refractivity contribution is 6.03. The Morgan fingerprint density at radius 2 is 2.00 bits per heavy atom. The summed E-state index contributed by atoms with van der Waals surface area (Å²) in [5.41, 5.74) is 1.21. The average Bonchev–Trinajstić information content (AvgIpc) is 3.18. The van der Waals surface area contributed by atoms with Crippen molar-refractivity contribution in [2.45, 2.75) is 13.8 Å². The number of oxazole rings is 1. The molecule has 7 nitrogen and oxygen atoms in total. The van der Waals surface area contributed by atoms with Crippen LogP contribution in [-0.4, -0.2) is 25.3 Å². The van der Waals surface area contributed by atoms with E-state index in [0.29, 0.717) is 17.3 Å². The minimum atomic E-state index is -0.538. The van der Waals surface area contributed by atoms with E-state index in [1.807, 2.05) is 0 Å². The molecule has 0 aliphatic carbocycles. The van der Waals surface area contributed by atoms with E-state index in [1.165, 1.54) is 35.0 Å². The summed E-state index contributed by atoms with van der Waals surface area (Å²) in [7, 11) is 0. The van der Waals surface area contributed by atoms with Crippen LogP contribution in [-0.2, 0) is 0 Å². The standard InChI is InChI=1S/C18H13F2N5O2/c1-9-16(27-10(2)22-9)17(26)23-12-3-4-14(20)13(5-12)15-8-25-7-11(19)6-21-18(25)24-15/h3-8H,1-2H3,(H,23,26). The van der Waals surface area contributed by atoms with Gasteiger partial charge >= 0.3 is 0 Å². The van der Waals surface area contributed by atoms with Crippen LogP contribution < -0.4 is 5.32 Å². The Balaban J connectivity index is 1.68. The number of rotatable bonds is 3. The van der Waals surface area contributed by atoms with Gasteiger partial charge < -0.3 is 9.73 Å². The molecule has 0 saturated heterocycles. The lowest BCUT2D eigenvalue weighted by atomic mass is 10.1. The van der Waals surface area contributed by atoms with Crippen molar-refractivity contribution < 1.29 is 18.0 Å². The predicted octanol–water partition coefficient (Wildman–Crippen LogP) is 3.53. The highest BCUT2D eigenvalue weighted by atomic mass is 19.1. The molecule has 1 aromatic carbocycles. The van der Waals surface area contributed by atoms with E-state index in [2.05, 4.69) is 20.3 Å². The summed E-state index contributed by atoms with van der Waals surface area (Å²) in [5.74, 6) is -0.876. The van der Waals surface area contributed by atoms with Crippen molar-refractivity contribution in [3.63, 3.8) is 0 Å². The molecular formula is C18H13F2N5O2. The zero-order valence-electron chi connectivity index (χ0n) is 14.3. The normalized spacial score (nSPS) is 11.1. The van der Waals surface area contributed by atoms with Crippen LogP contribution in [0.1, 0.15) is 22.1 Å². The summed E-state index contributed by atoms with van der Waals surface area (Å²) in [6.07, 6.45) is 3.68. The van der Waals surface area contributed by atoms with Crippen molar-refractivity contribution >= 4 is 17.4 Å². The van der Waals surface area contributed by atoms with Crippen LogP contribution >= 0.6 is 0 Å². The fourth-order valence-corrected chi connectivity index (χ4v) is 2.72. The quantitative estimate of drug-likeness (QED) is 0.597. The number of hydrogen-bond acceptors (Lipinski definition) is 5. The van der Waals surface area contributed by atoms with Crippen LogP contribution in [0, 0.1) is 25.5 Å². The Hall–Kier alpha value is -3.62. The number of hydrogen-bond donors (Lipinski definition) is 1. The summed E-state index contributed by atoms with van der Waals surface area (Å²) in [6.45, 7) is 3.30. The van der Waals surface area contributed by atoms with Crippen LogP contribution in [0.25, 0.3) is 17.0 Å². The van der Waals surface area contributed by atoms with E-state index in [0.717, 1.165) is 6.20 Å². The third kappa shape index (κ3) is 3.14. The fraction of sp³-hybridized carbons (Fsp3) is 0.111. The molecule has 136 valence electrons. The molecular weight excluding hydrogens is 356 g/mol. The smallest absolute Gasteiger partial charge is 0.293 e. The second-order valence-corrected chi connectivity index (χ2v) is 5.90. The number of nitrogens with one attached hydrogen (secondary N) is 1. The molecule has 9 heteroatoms. The summed E-state index contributed by atoms with van der Waals surface area (Å²) in [5, 5.41) is 2.64. The third-order valence-electron chi connectivity index (χ3n) is 3.89. The number of amides is 1. The molecule has 3 aromatic heterocycles. The first-order valence-corrected chi connectivity index (χ1v) is 7.96. The fourth-order valence-electron chi connectivity index (χ4n) is 2.72. The summed E-state index contributed by atoms with van der Waals surface area (Å²) in [6, 6.07) is 4.06. The molecule has 0 saturated carbocycles. The van der Waals surface area contributed by atoms with Crippen molar-refractivity contribution in [3.05, 3.63) is 65.8 Å². The van der Waals surface area contributed by atoms with Crippen molar-refractivity contribution in [2.24, 2.45) is 0 Å². The van der Waals surface area contributed by atoms with Crippen LogP contribution in [0.3, 0.4) is 0 Å².